The number of hydrogen-bond donors (Lipinski definition) is 1. The molecule has 0 bridgehead atoms. The number of amides is 1. The van der Waals surface area contributed by atoms with Gasteiger partial charge in [0.25, 0.3) is 21.5 Å². The number of H-pyrrole nitrogens is 1. The minimum Gasteiger partial charge on any atom is -0.305 e. The zero-order valence-corrected chi connectivity index (χ0v) is 18.1. The van der Waals surface area contributed by atoms with Gasteiger partial charge in [0.05, 0.1) is 22.9 Å². The van der Waals surface area contributed by atoms with Crippen LogP contribution >= 0.6 is 0 Å². The SMILES string of the molecule is CCc1cc2[nH]c(=O)n(N(C(=O)C(C)C)S(C)(=O)=O)c(=O)c2cc1-c1ccnn1C. The summed E-state index contributed by atoms with van der Waals surface area (Å²) in [5.41, 5.74) is 0.694. The van der Waals surface area contributed by atoms with Crippen LogP contribution in [0.4, 0.5) is 0 Å². The number of aromatic nitrogens is 4. The van der Waals surface area contributed by atoms with Gasteiger partial charge in [-0.15, -0.1) is 9.09 Å². The quantitative estimate of drug-likeness (QED) is 0.632. The number of fused-ring (bicyclic) bond motifs is 1. The monoisotopic (exact) mass is 433 g/mol. The Morgan fingerprint density at radius 1 is 1.27 bits per heavy atom. The molecule has 11 heteroatoms. The van der Waals surface area contributed by atoms with Gasteiger partial charge in [0.2, 0.25) is 0 Å². The van der Waals surface area contributed by atoms with E-state index >= 15 is 0 Å². The topological polar surface area (TPSA) is 127 Å². The van der Waals surface area contributed by atoms with Crippen LogP contribution in [0.1, 0.15) is 26.3 Å². The molecule has 0 atom stereocenters. The standard InChI is InChI=1S/C19H23N5O5S/c1-6-12-9-15-14(10-13(12)16-7-8-20-22(16)4)18(26)23(19(27)21-15)24(30(5,28)29)17(25)11(2)3/h7-11H,6H2,1-5H3,(H,21,27). The van der Waals surface area contributed by atoms with E-state index < -0.39 is 33.1 Å². The number of nitrogens with one attached hydrogen (secondary N) is 1. The number of rotatable bonds is 5. The van der Waals surface area contributed by atoms with Crippen molar-refractivity contribution in [3.8, 4) is 11.3 Å². The summed E-state index contributed by atoms with van der Waals surface area (Å²) in [7, 11) is -2.48. The Bertz CT molecular complexity index is 1360. The molecule has 1 amide bonds. The third kappa shape index (κ3) is 3.56. The van der Waals surface area contributed by atoms with E-state index in [4.69, 9.17) is 0 Å². The highest BCUT2D eigenvalue weighted by atomic mass is 32.2. The van der Waals surface area contributed by atoms with Crippen LogP contribution in [0.25, 0.3) is 22.2 Å². The second-order valence-corrected chi connectivity index (χ2v) is 9.11. The summed E-state index contributed by atoms with van der Waals surface area (Å²) >= 11 is 0. The molecule has 2 aromatic heterocycles. The lowest BCUT2D eigenvalue weighted by atomic mass is 10.00. The maximum atomic E-state index is 13.2. The Labute approximate surface area is 172 Å². The van der Waals surface area contributed by atoms with Crippen LogP contribution in [-0.4, -0.2) is 40.0 Å². The maximum Gasteiger partial charge on any atom is 0.349 e. The molecule has 2 heterocycles. The van der Waals surface area contributed by atoms with Crippen LogP contribution in [-0.2, 0) is 28.3 Å². The summed E-state index contributed by atoms with van der Waals surface area (Å²) in [5, 5.41) is 4.23. The molecule has 0 radical (unpaired) electrons. The Kier molecular flexibility index (Phi) is 5.42. The van der Waals surface area contributed by atoms with E-state index in [1.165, 1.54) is 13.8 Å². The lowest BCUT2D eigenvalue weighted by Gasteiger charge is -2.23. The van der Waals surface area contributed by atoms with E-state index in [9.17, 15) is 22.8 Å². The van der Waals surface area contributed by atoms with E-state index in [0.717, 1.165) is 23.1 Å². The third-order valence-electron chi connectivity index (χ3n) is 4.76. The molecule has 0 spiro atoms. The second kappa shape index (κ2) is 7.56. The van der Waals surface area contributed by atoms with Crippen molar-refractivity contribution in [2.24, 2.45) is 13.0 Å². The highest BCUT2D eigenvalue weighted by molar-refractivity contribution is 7.92. The molecule has 1 N–H and O–H groups in total. The summed E-state index contributed by atoms with van der Waals surface area (Å²) in [6, 6.07) is 5.05. The number of aromatic amines is 1. The molecule has 0 aliphatic heterocycles. The number of hydrogen-bond acceptors (Lipinski definition) is 6. The van der Waals surface area contributed by atoms with Gasteiger partial charge < -0.3 is 4.98 Å². The first-order chi connectivity index (χ1) is 14.0. The minimum absolute atomic E-state index is 0.0770. The molecule has 30 heavy (non-hydrogen) atoms. The molecule has 3 rings (SSSR count). The molecule has 0 aliphatic rings. The molecule has 160 valence electrons. The molecule has 0 saturated heterocycles. The van der Waals surface area contributed by atoms with Crippen LogP contribution < -0.4 is 15.7 Å². The number of carbonyl (C=O) groups is 1. The van der Waals surface area contributed by atoms with Crippen molar-refractivity contribution < 1.29 is 13.2 Å². The first-order valence-electron chi connectivity index (χ1n) is 9.32. The molecule has 0 saturated carbocycles. The van der Waals surface area contributed by atoms with E-state index in [2.05, 4.69) is 10.1 Å². The Hall–Kier alpha value is -3.21. The normalized spacial score (nSPS) is 11.9. The largest absolute Gasteiger partial charge is 0.349 e. The van der Waals surface area contributed by atoms with Crippen molar-refractivity contribution in [3.05, 3.63) is 50.8 Å². The van der Waals surface area contributed by atoms with E-state index in [0.29, 0.717) is 11.1 Å². The minimum atomic E-state index is -4.24. The van der Waals surface area contributed by atoms with E-state index in [1.807, 2.05) is 6.92 Å². The van der Waals surface area contributed by atoms with Gasteiger partial charge in [-0.1, -0.05) is 20.8 Å². The highest BCUT2D eigenvalue weighted by Gasteiger charge is 2.31. The fraction of sp³-hybridized carbons (Fsp3) is 0.368. The molecular weight excluding hydrogens is 410 g/mol. The second-order valence-electron chi connectivity index (χ2n) is 7.29. The van der Waals surface area contributed by atoms with E-state index in [-0.39, 0.29) is 15.3 Å². The Morgan fingerprint density at radius 3 is 2.43 bits per heavy atom. The number of benzene rings is 1. The summed E-state index contributed by atoms with van der Waals surface area (Å²) in [6.07, 6.45) is 3.02. The van der Waals surface area contributed by atoms with Crippen molar-refractivity contribution in [2.45, 2.75) is 27.2 Å². The lowest BCUT2D eigenvalue weighted by Crippen LogP contribution is -2.56. The summed E-state index contributed by atoms with van der Waals surface area (Å²) in [5.74, 6) is -1.64. The van der Waals surface area contributed by atoms with Crippen LogP contribution in [0, 0.1) is 5.92 Å². The van der Waals surface area contributed by atoms with Gasteiger partial charge in [-0.3, -0.25) is 14.3 Å². The van der Waals surface area contributed by atoms with Gasteiger partial charge in [-0.05, 0) is 30.2 Å². The predicted molar refractivity (Wildman–Crippen MR) is 113 cm³/mol. The van der Waals surface area contributed by atoms with Crippen LogP contribution in [0.15, 0.2) is 34.0 Å². The average molecular weight is 433 g/mol. The fourth-order valence-electron chi connectivity index (χ4n) is 3.26. The van der Waals surface area contributed by atoms with Gasteiger partial charge in [-0.2, -0.15) is 5.10 Å². The van der Waals surface area contributed by atoms with Gasteiger partial charge in [0, 0.05) is 24.7 Å². The number of carbonyl (C=O) groups excluding carboxylic acids is 1. The van der Waals surface area contributed by atoms with Crippen molar-refractivity contribution in [3.63, 3.8) is 0 Å². The van der Waals surface area contributed by atoms with Crippen LogP contribution in [0.3, 0.4) is 0 Å². The molecule has 10 nitrogen and oxygen atoms in total. The smallest absolute Gasteiger partial charge is 0.305 e. The predicted octanol–water partition coefficient (Wildman–Crippen LogP) is 0.733. The molecule has 0 unspecified atom stereocenters. The van der Waals surface area contributed by atoms with Crippen LogP contribution in [0.5, 0.6) is 0 Å². The average Bonchev–Trinajstić information content (AvgIpc) is 3.08. The Morgan fingerprint density at radius 2 is 1.93 bits per heavy atom. The third-order valence-corrected chi connectivity index (χ3v) is 5.73. The lowest BCUT2D eigenvalue weighted by molar-refractivity contribution is -0.121. The molecule has 3 aromatic rings. The van der Waals surface area contributed by atoms with Crippen LogP contribution in [0.2, 0.25) is 0 Å². The maximum absolute atomic E-state index is 13.2. The van der Waals surface area contributed by atoms with Gasteiger partial charge >= 0.3 is 5.69 Å². The van der Waals surface area contributed by atoms with Gasteiger partial charge in [0.1, 0.15) is 0 Å². The van der Waals surface area contributed by atoms with Crippen molar-refractivity contribution in [1.29, 1.82) is 0 Å². The van der Waals surface area contributed by atoms with Gasteiger partial charge in [0.15, 0.2) is 0 Å². The summed E-state index contributed by atoms with van der Waals surface area (Å²) in [4.78, 5) is 41.0. The van der Waals surface area contributed by atoms with Crippen molar-refractivity contribution >= 4 is 26.8 Å². The first kappa shape index (κ1) is 21.5. The summed E-state index contributed by atoms with van der Waals surface area (Å²) < 4.78 is 26.8. The summed E-state index contributed by atoms with van der Waals surface area (Å²) in [6.45, 7) is 4.90. The van der Waals surface area contributed by atoms with Crippen molar-refractivity contribution in [2.75, 3.05) is 10.7 Å². The zero-order valence-electron chi connectivity index (χ0n) is 17.3. The highest BCUT2D eigenvalue weighted by Crippen LogP contribution is 2.26. The van der Waals surface area contributed by atoms with Gasteiger partial charge in [-0.25, -0.2) is 13.2 Å². The van der Waals surface area contributed by atoms with E-state index in [1.54, 1.807) is 36.1 Å². The zero-order chi connectivity index (χ0) is 22.4. The number of sulfonamides is 1. The Balaban J connectivity index is 2.41. The molecule has 1 aromatic carbocycles. The molecule has 0 aliphatic carbocycles. The number of nitrogens with zero attached hydrogens (tertiary/aromatic N) is 4. The molecular formula is C19H23N5O5S. The number of aryl methyl sites for hydroxylation is 2. The fourth-order valence-corrected chi connectivity index (χ4v) is 4.25. The molecule has 0 fully saturated rings. The van der Waals surface area contributed by atoms with Crippen molar-refractivity contribution in [1.82, 2.24) is 19.4 Å². The first-order valence-corrected chi connectivity index (χ1v) is 11.2.